The van der Waals surface area contributed by atoms with E-state index in [1.165, 1.54) is 11.1 Å². The van der Waals surface area contributed by atoms with Crippen LogP contribution in [0.4, 0.5) is 5.69 Å². The Morgan fingerprint density at radius 2 is 1.91 bits per heavy atom. The molecule has 4 nitrogen and oxygen atoms in total. The fourth-order valence-corrected chi connectivity index (χ4v) is 2.74. The molecule has 1 saturated heterocycles. The zero-order valence-corrected chi connectivity index (χ0v) is 13.1. The highest BCUT2D eigenvalue weighted by Gasteiger charge is 2.12. The number of morpholine rings is 1. The molecular weight excluding hydrogens is 274 g/mol. The molecule has 0 atom stereocenters. The minimum absolute atomic E-state index is 0.837. The minimum Gasteiger partial charge on any atom is -0.381 e. The van der Waals surface area contributed by atoms with Gasteiger partial charge in [-0.05, 0) is 30.2 Å². The zero-order chi connectivity index (χ0) is 15.2. The average Bonchev–Trinajstić information content (AvgIpc) is 2.55. The Bertz CT molecular complexity index is 609. The molecule has 3 rings (SSSR count). The molecular formula is C18H23N3O. The van der Waals surface area contributed by atoms with E-state index in [0.29, 0.717) is 0 Å². The normalized spacial score (nSPS) is 15.7. The molecule has 1 fully saturated rings. The highest BCUT2D eigenvalue weighted by Crippen LogP contribution is 2.15. The number of pyridine rings is 1. The molecule has 22 heavy (non-hydrogen) atoms. The summed E-state index contributed by atoms with van der Waals surface area (Å²) in [6.07, 6.45) is 1.84. The van der Waals surface area contributed by atoms with E-state index >= 15 is 0 Å². The first-order valence-corrected chi connectivity index (χ1v) is 7.85. The van der Waals surface area contributed by atoms with Crippen LogP contribution in [0.1, 0.15) is 16.8 Å². The molecule has 0 spiro atoms. The fourth-order valence-electron chi connectivity index (χ4n) is 2.74. The number of aromatic nitrogens is 1. The Labute approximate surface area is 132 Å². The number of nitrogens with zero attached hydrogens (tertiary/aromatic N) is 2. The third kappa shape index (κ3) is 4.06. The molecule has 1 aromatic carbocycles. The van der Waals surface area contributed by atoms with Crippen LogP contribution >= 0.6 is 0 Å². The van der Waals surface area contributed by atoms with E-state index in [-0.39, 0.29) is 0 Å². The number of anilines is 1. The van der Waals surface area contributed by atoms with Gasteiger partial charge in [0.15, 0.2) is 0 Å². The minimum atomic E-state index is 0.837. The zero-order valence-electron chi connectivity index (χ0n) is 13.1. The van der Waals surface area contributed by atoms with E-state index in [1.807, 2.05) is 19.2 Å². The molecule has 0 bridgehead atoms. The van der Waals surface area contributed by atoms with Crippen molar-refractivity contribution in [3.63, 3.8) is 0 Å². The SMILES string of the molecule is Cc1cc(NCc2ccccc2CN2CCOCC2)ccn1. The second-order valence-corrected chi connectivity index (χ2v) is 5.70. The van der Waals surface area contributed by atoms with E-state index in [0.717, 1.165) is 50.8 Å². The molecule has 2 aromatic rings. The molecule has 116 valence electrons. The van der Waals surface area contributed by atoms with E-state index in [1.54, 1.807) is 0 Å². The lowest BCUT2D eigenvalue weighted by molar-refractivity contribution is 0.0341. The Kier molecular flexibility index (Phi) is 5.03. The van der Waals surface area contributed by atoms with Gasteiger partial charge in [-0.2, -0.15) is 0 Å². The topological polar surface area (TPSA) is 37.4 Å². The smallest absolute Gasteiger partial charge is 0.0594 e. The van der Waals surface area contributed by atoms with Crippen molar-refractivity contribution in [3.8, 4) is 0 Å². The van der Waals surface area contributed by atoms with Gasteiger partial charge in [0.25, 0.3) is 0 Å². The number of benzene rings is 1. The molecule has 1 aliphatic rings. The first-order chi connectivity index (χ1) is 10.8. The second kappa shape index (κ2) is 7.38. The van der Waals surface area contributed by atoms with Gasteiger partial charge >= 0.3 is 0 Å². The molecule has 1 aromatic heterocycles. The number of nitrogens with one attached hydrogen (secondary N) is 1. The molecule has 4 heteroatoms. The molecule has 0 amide bonds. The van der Waals surface area contributed by atoms with Crippen molar-refractivity contribution in [2.75, 3.05) is 31.6 Å². The third-order valence-corrected chi connectivity index (χ3v) is 4.00. The highest BCUT2D eigenvalue weighted by atomic mass is 16.5. The van der Waals surface area contributed by atoms with Crippen molar-refractivity contribution < 1.29 is 4.74 Å². The second-order valence-electron chi connectivity index (χ2n) is 5.70. The summed E-state index contributed by atoms with van der Waals surface area (Å²) in [6.45, 7) is 7.57. The highest BCUT2D eigenvalue weighted by molar-refractivity contribution is 5.44. The van der Waals surface area contributed by atoms with Crippen molar-refractivity contribution >= 4 is 5.69 Å². The van der Waals surface area contributed by atoms with Crippen molar-refractivity contribution in [1.29, 1.82) is 0 Å². The number of ether oxygens (including phenoxy) is 1. The van der Waals surface area contributed by atoms with E-state index in [9.17, 15) is 0 Å². The van der Waals surface area contributed by atoms with Crippen molar-refractivity contribution in [2.45, 2.75) is 20.0 Å². The quantitative estimate of drug-likeness (QED) is 0.921. The first kappa shape index (κ1) is 15.0. The number of aryl methyl sites for hydroxylation is 1. The van der Waals surface area contributed by atoms with Crippen LogP contribution in [0.3, 0.4) is 0 Å². The molecule has 0 unspecified atom stereocenters. The molecule has 0 radical (unpaired) electrons. The first-order valence-electron chi connectivity index (χ1n) is 7.85. The Morgan fingerprint density at radius 3 is 2.68 bits per heavy atom. The predicted octanol–water partition coefficient (Wildman–Crippen LogP) is 2.83. The van der Waals surface area contributed by atoms with Crippen LogP contribution in [-0.2, 0) is 17.8 Å². The maximum Gasteiger partial charge on any atom is 0.0594 e. The van der Waals surface area contributed by atoms with Crippen LogP contribution in [0.2, 0.25) is 0 Å². The lowest BCUT2D eigenvalue weighted by atomic mass is 10.1. The van der Waals surface area contributed by atoms with Crippen molar-refractivity contribution in [3.05, 3.63) is 59.4 Å². The summed E-state index contributed by atoms with van der Waals surface area (Å²) in [5.41, 5.74) is 4.89. The van der Waals surface area contributed by atoms with Gasteiger partial charge < -0.3 is 10.1 Å². The van der Waals surface area contributed by atoms with Gasteiger partial charge in [-0.3, -0.25) is 9.88 Å². The van der Waals surface area contributed by atoms with Crippen LogP contribution in [0, 0.1) is 6.92 Å². The van der Waals surface area contributed by atoms with E-state index < -0.39 is 0 Å². The van der Waals surface area contributed by atoms with Gasteiger partial charge in [-0.25, -0.2) is 0 Å². The van der Waals surface area contributed by atoms with Crippen LogP contribution < -0.4 is 5.32 Å². The Hall–Kier alpha value is -1.91. The lowest BCUT2D eigenvalue weighted by Gasteiger charge is -2.27. The summed E-state index contributed by atoms with van der Waals surface area (Å²) in [5.74, 6) is 0. The van der Waals surface area contributed by atoms with Gasteiger partial charge in [0, 0.05) is 43.8 Å². The monoisotopic (exact) mass is 297 g/mol. The number of hydrogen-bond donors (Lipinski definition) is 1. The maximum atomic E-state index is 5.42. The summed E-state index contributed by atoms with van der Waals surface area (Å²) in [7, 11) is 0. The van der Waals surface area contributed by atoms with Crippen LogP contribution in [-0.4, -0.2) is 36.2 Å². The summed E-state index contributed by atoms with van der Waals surface area (Å²) < 4.78 is 5.42. The molecule has 1 aliphatic heterocycles. The van der Waals surface area contributed by atoms with Gasteiger partial charge in [0.2, 0.25) is 0 Å². The van der Waals surface area contributed by atoms with Gasteiger partial charge in [0.05, 0.1) is 13.2 Å². The third-order valence-electron chi connectivity index (χ3n) is 4.00. The molecule has 1 N–H and O–H groups in total. The molecule has 2 heterocycles. The summed E-state index contributed by atoms with van der Waals surface area (Å²) in [4.78, 5) is 6.69. The standard InChI is InChI=1S/C18H23N3O/c1-15-12-18(6-7-19-15)20-13-16-4-2-3-5-17(16)14-21-8-10-22-11-9-21/h2-7,12H,8-11,13-14H2,1H3,(H,19,20). The van der Waals surface area contributed by atoms with Crippen molar-refractivity contribution in [1.82, 2.24) is 9.88 Å². The van der Waals surface area contributed by atoms with Gasteiger partial charge in [-0.1, -0.05) is 24.3 Å². The number of hydrogen-bond acceptors (Lipinski definition) is 4. The summed E-state index contributed by atoms with van der Waals surface area (Å²) in [5, 5.41) is 3.50. The van der Waals surface area contributed by atoms with Crippen LogP contribution in [0.5, 0.6) is 0 Å². The van der Waals surface area contributed by atoms with Crippen molar-refractivity contribution in [2.24, 2.45) is 0 Å². The predicted molar refractivity (Wildman–Crippen MR) is 88.8 cm³/mol. The lowest BCUT2D eigenvalue weighted by Crippen LogP contribution is -2.35. The van der Waals surface area contributed by atoms with Gasteiger partial charge in [-0.15, -0.1) is 0 Å². The Balaban J connectivity index is 1.65. The van der Waals surface area contributed by atoms with E-state index in [2.05, 4.69) is 45.5 Å². The summed E-state index contributed by atoms with van der Waals surface area (Å²) >= 11 is 0. The summed E-state index contributed by atoms with van der Waals surface area (Å²) in [6, 6.07) is 12.7. The maximum absolute atomic E-state index is 5.42. The van der Waals surface area contributed by atoms with Crippen LogP contribution in [0.15, 0.2) is 42.6 Å². The fraction of sp³-hybridized carbons (Fsp3) is 0.389. The Morgan fingerprint density at radius 1 is 1.14 bits per heavy atom. The molecule has 0 saturated carbocycles. The van der Waals surface area contributed by atoms with E-state index in [4.69, 9.17) is 4.74 Å². The largest absolute Gasteiger partial charge is 0.381 e. The number of rotatable bonds is 5. The molecule has 0 aliphatic carbocycles. The van der Waals surface area contributed by atoms with Gasteiger partial charge in [0.1, 0.15) is 0 Å². The van der Waals surface area contributed by atoms with Crippen LogP contribution in [0.25, 0.3) is 0 Å². The average molecular weight is 297 g/mol.